The first-order valence-corrected chi connectivity index (χ1v) is 10.3. The van der Waals surface area contributed by atoms with Gasteiger partial charge in [0.2, 0.25) is 0 Å². The fourth-order valence-corrected chi connectivity index (χ4v) is 3.49. The molecule has 146 valence electrons. The summed E-state index contributed by atoms with van der Waals surface area (Å²) in [6.45, 7) is 5.95. The Labute approximate surface area is 174 Å². The zero-order chi connectivity index (χ0) is 19.6. The van der Waals surface area contributed by atoms with E-state index in [0.717, 1.165) is 37.6 Å². The van der Waals surface area contributed by atoms with E-state index in [0.29, 0.717) is 6.10 Å². The molecule has 3 heteroatoms. The predicted molar refractivity (Wildman–Crippen MR) is 120 cm³/mol. The predicted octanol–water partition coefficient (Wildman–Crippen LogP) is 5.41. The van der Waals surface area contributed by atoms with Crippen molar-refractivity contribution in [3.8, 4) is 0 Å². The van der Waals surface area contributed by atoms with Gasteiger partial charge in [0, 0.05) is 24.5 Å². The molecule has 1 heterocycles. The maximum atomic E-state index is 5.91. The van der Waals surface area contributed by atoms with E-state index in [1.807, 2.05) is 31.2 Å². The van der Waals surface area contributed by atoms with Crippen LogP contribution in [0, 0.1) is 6.92 Å². The molecule has 0 aromatic heterocycles. The molecule has 3 aromatic rings. The molecule has 1 unspecified atom stereocenters. The van der Waals surface area contributed by atoms with Crippen molar-refractivity contribution in [2.24, 2.45) is 0 Å². The van der Waals surface area contributed by atoms with Crippen LogP contribution in [0.2, 0.25) is 0 Å². The highest BCUT2D eigenvalue weighted by molar-refractivity contribution is 7.80. The van der Waals surface area contributed by atoms with Gasteiger partial charge < -0.3 is 4.74 Å². The van der Waals surface area contributed by atoms with Gasteiger partial charge >= 0.3 is 0 Å². The van der Waals surface area contributed by atoms with Gasteiger partial charge in [-0.1, -0.05) is 78.9 Å². The molecule has 1 fully saturated rings. The van der Waals surface area contributed by atoms with Gasteiger partial charge in [0.25, 0.3) is 0 Å². The van der Waals surface area contributed by atoms with Gasteiger partial charge in [-0.15, -0.1) is 12.6 Å². The van der Waals surface area contributed by atoms with Gasteiger partial charge in [0.15, 0.2) is 0 Å². The van der Waals surface area contributed by atoms with Crippen LogP contribution in [0.3, 0.4) is 0 Å². The fraction of sp³-hybridized carbons (Fsp3) is 0.280. The maximum absolute atomic E-state index is 5.91. The molecule has 3 aromatic carbocycles. The summed E-state index contributed by atoms with van der Waals surface area (Å²) >= 11 is 4.20. The summed E-state index contributed by atoms with van der Waals surface area (Å²) in [6, 6.07) is 29.3. The van der Waals surface area contributed by atoms with E-state index in [1.165, 1.54) is 16.7 Å². The van der Waals surface area contributed by atoms with E-state index in [2.05, 4.69) is 78.2 Å². The number of rotatable bonds is 4. The molecule has 0 N–H and O–H groups in total. The molecule has 1 atom stereocenters. The Hall–Kier alpha value is -2.07. The topological polar surface area (TPSA) is 12.5 Å². The first-order chi connectivity index (χ1) is 13.7. The lowest BCUT2D eigenvalue weighted by atomic mass is 10.1. The van der Waals surface area contributed by atoms with Crippen LogP contribution in [0.4, 0.5) is 0 Å². The minimum atomic E-state index is 0.315. The Bertz CT molecular complexity index is 754. The summed E-state index contributed by atoms with van der Waals surface area (Å²) < 4.78 is 5.91. The largest absolute Gasteiger partial charge is 0.375 e. The van der Waals surface area contributed by atoms with E-state index in [-0.39, 0.29) is 0 Å². The minimum absolute atomic E-state index is 0.315. The highest BCUT2D eigenvalue weighted by atomic mass is 32.1. The second kappa shape index (κ2) is 11.1. The molecule has 28 heavy (non-hydrogen) atoms. The van der Waals surface area contributed by atoms with E-state index in [9.17, 15) is 0 Å². The minimum Gasteiger partial charge on any atom is -0.375 e. The first kappa shape index (κ1) is 20.7. The van der Waals surface area contributed by atoms with Crippen molar-refractivity contribution in [3.05, 3.63) is 102 Å². The number of thiol groups is 1. The van der Waals surface area contributed by atoms with Crippen molar-refractivity contribution in [1.82, 2.24) is 4.90 Å². The third kappa shape index (κ3) is 6.83. The van der Waals surface area contributed by atoms with E-state index in [4.69, 9.17) is 4.74 Å². The van der Waals surface area contributed by atoms with Crippen molar-refractivity contribution in [2.75, 3.05) is 19.7 Å². The Kier molecular flexibility index (Phi) is 8.16. The molecule has 0 spiro atoms. The lowest BCUT2D eigenvalue weighted by Gasteiger charge is -2.33. The summed E-state index contributed by atoms with van der Waals surface area (Å²) in [5.41, 5.74) is 3.97. The molecule has 0 radical (unpaired) electrons. The van der Waals surface area contributed by atoms with Crippen molar-refractivity contribution >= 4 is 12.6 Å². The molecule has 1 saturated heterocycles. The second-order valence-electron chi connectivity index (χ2n) is 7.19. The van der Waals surface area contributed by atoms with E-state index < -0.39 is 0 Å². The Morgan fingerprint density at radius 3 is 2.07 bits per heavy atom. The first-order valence-electron chi connectivity index (χ1n) is 9.87. The van der Waals surface area contributed by atoms with Crippen LogP contribution in [-0.4, -0.2) is 30.7 Å². The van der Waals surface area contributed by atoms with Gasteiger partial charge in [-0.05, 0) is 36.1 Å². The molecule has 0 aliphatic carbocycles. The molecular weight excluding hydrogens is 362 g/mol. The number of aryl methyl sites for hydroxylation is 1. The zero-order valence-corrected chi connectivity index (χ0v) is 17.4. The lowest BCUT2D eigenvalue weighted by molar-refractivity contribution is -0.0304. The van der Waals surface area contributed by atoms with Crippen LogP contribution in [-0.2, 0) is 17.7 Å². The van der Waals surface area contributed by atoms with Crippen LogP contribution in [0.5, 0.6) is 0 Å². The number of hydrogen-bond acceptors (Lipinski definition) is 3. The van der Waals surface area contributed by atoms with Crippen molar-refractivity contribution in [3.63, 3.8) is 0 Å². The Morgan fingerprint density at radius 1 is 0.857 bits per heavy atom. The highest BCUT2D eigenvalue weighted by Gasteiger charge is 2.20. The van der Waals surface area contributed by atoms with Crippen molar-refractivity contribution < 1.29 is 4.74 Å². The van der Waals surface area contributed by atoms with Crippen LogP contribution in [0.25, 0.3) is 0 Å². The molecule has 4 rings (SSSR count). The lowest BCUT2D eigenvalue weighted by Crippen LogP contribution is -2.42. The monoisotopic (exact) mass is 391 g/mol. The zero-order valence-electron chi connectivity index (χ0n) is 16.5. The molecule has 0 saturated carbocycles. The quantitative estimate of drug-likeness (QED) is 0.597. The summed E-state index contributed by atoms with van der Waals surface area (Å²) in [4.78, 5) is 3.56. The summed E-state index contributed by atoms with van der Waals surface area (Å²) in [7, 11) is 0. The van der Waals surface area contributed by atoms with Gasteiger partial charge in [0.1, 0.15) is 0 Å². The summed E-state index contributed by atoms with van der Waals surface area (Å²) in [6.07, 6.45) is 1.32. The summed E-state index contributed by atoms with van der Waals surface area (Å²) in [5.74, 6) is 0. The maximum Gasteiger partial charge on any atom is 0.0743 e. The number of hydrogen-bond donors (Lipinski definition) is 1. The molecule has 1 aliphatic rings. The number of morpholine rings is 1. The number of benzene rings is 3. The Morgan fingerprint density at radius 2 is 1.46 bits per heavy atom. The normalized spacial score (nSPS) is 16.9. The number of ether oxygens (including phenoxy) is 1. The van der Waals surface area contributed by atoms with Gasteiger partial charge in [-0.25, -0.2) is 0 Å². The molecule has 0 amide bonds. The van der Waals surface area contributed by atoms with E-state index in [1.54, 1.807) is 0 Å². The van der Waals surface area contributed by atoms with Crippen LogP contribution in [0.1, 0.15) is 16.7 Å². The van der Waals surface area contributed by atoms with Gasteiger partial charge in [-0.3, -0.25) is 4.90 Å². The molecular formula is C25H29NOS. The van der Waals surface area contributed by atoms with Gasteiger partial charge in [-0.2, -0.15) is 0 Å². The van der Waals surface area contributed by atoms with Crippen LogP contribution < -0.4 is 0 Å². The molecule has 2 nitrogen and oxygen atoms in total. The second-order valence-corrected chi connectivity index (χ2v) is 7.67. The standard InChI is InChI=1S/C18H21NO.C7H8S/c1-3-7-16(8-4-1)13-18-15-19(11-12-20-18)14-17-9-5-2-6-10-17;1-6-4-2-3-5-7(6)8/h1-10,18H,11-15H2;2-5,8H,1H3. The molecule has 1 aliphatic heterocycles. The SMILES string of the molecule is Cc1ccccc1S.c1ccc(CC2CN(Cc3ccccc3)CCO2)cc1. The average molecular weight is 392 g/mol. The summed E-state index contributed by atoms with van der Waals surface area (Å²) in [5, 5.41) is 0. The smallest absolute Gasteiger partial charge is 0.0743 e. The van der Waals surface area contributed by atoms with Gasteiger partial charge in [0.05, 0.1) is 12.7 Å². The molecule has 0 bridgehead atoms. The third-order valence-electron chi connectivity index (χ3n) is 4.89. The highest BCUT2D eigenvalue weighted by Crippen LogP contribution is 2.14. The average Bonchev–Trinajstić information content (AvgIpc) is 2.73. The van der Waals surface area contributed by atoms with Crippen molar-refractivity contribution in [2.45, 2.75) is 30.9 Å². The van der Waals surface area contributed by atoms with E-state index >= 15 is 0 Å². The van der Waals surface area contributed by atoms with Crippen molar-refractivity contribution in [1.29, 1.82) is 0 Å². The Balaban J connectivity index is 0.000000236. The number of nitrogens with zero attached hydrogens (tertiary/aromatic N) is 1. The van der Waals surface area contributed by atoms with Crippen LogP contribution in [0.15, 0.2) is 89.8 Å². The van der Waals surface area contributed by atoms with Crippen LogP contribution >= 0.6 is 12.6 Å². The fourth-order valence-electron chi connectivity index (χ4n) is 3.33. The third-order valence-corrected chi connectivity index (χ3v) is 5.40.